The average molecular weight is 244 g/mol. The lowest BCUT2D eigenvalue weighted by molar-refractivity contribution is -0.388. The Morgan fingerprint density at radius 3 is 2.75 bits per heavy atom. The van der Waals surface area contributed by atoms with Gasteiger partial charge in [-0.3, -0.25) is 10.1 Å². The molecule has 7 nitrogen and oxygen atoms in total. The van der Waals surface area contributed by atoms with Crippen molar-refractivity contribution in [2.24, 2.45) is 0 Å². The van der Waals surface area contributed by atoms with Crippen LogP contribution in [-0.4, -0.2) is 30.1 Å². The summed E-state index contributed by atoms with van der Waals surface area (Å²) in [4.78, 5) is 25.0. The van der Waals surface area contributed by atoms with Crippen LogP contribution in [0.1, 0.15) is 10.4 Å². The van der Waals surface area contributed by atoms with Crippen molar-refractivity contribution < 1.29 is 18.6 Å². The van der Waals surface area contributed by atoms with Crippen LogP contribution in [-0.2, 0) is 8.92 Å². The van der Waals surface area contributed by atoms with Gasteiger partial charge in [0.05, 0.1) is 36.7 Å². The van der Waals surface area contributed by atoms with Gasteiger partial charge >= 0.3 is 11.7 Å². The first kappa shape index (κ1) is 12.4. The predicted octanol–water partition coefficient (Wildman–Crippen LogP) is 1.43. The molecule has 0 aliphatic rings. The molecule has 0 saturated heterocycles. The van der Waals surface area contributed by atoms with E-state index in [1.165, 1.54) is 20.4 Å². The molecule has 0 radical (unpaired) electrons. The van der Waals surface area contributed by atoms with E-state index in [4.69, 9.17) is 0 Å². The highest BCUT2D eigenvalue weighted by Crippen LogP contribution is 2.27. The second kappa shape index (κ2) is 5.42. The molecular formula is C8H8N2O5S. The highest BCUT2D eigenvalue weighted by molar-refractivity contribution is 7.94. The summed E-state index contributed by atoms with van der Waals surface area (Å²) >= 11 is 0.753. The molecule has 0 atom stereocenters. The van der Waals surface area contributed by atoms with Crippen LogP contribution in [0.3, 0.4) is 0 Å². The Labute approximate surface area is 95.1 Å². The van der Waals surface area contributed by atoms with Crippen LogP contribution in [0, 0.1) is 10.1 Å². The van der Waals surface area contributed by atoms with Crippen LogP contribution < -0.4 is 0 Å². The fourth-order valence-electron chi connectivity index (χ4n) is 0.944. The van der Waals surface area contributed by atoms with Crippen LogP contribution in [0.5, 0.6) is 0 Å². The van der Waals surface area contributed by atoms with E-state index in [0.717, 1.165) is 18.1 Å². The van der Waals surface area contributed by atoms with Crippen LogP contribution >= 0.6 is 12.0 Å². The summed E-state index contributed by atoms with van der Waals surface area (Å²) in [5, 5.41) is 10.8. The van der Waals surface area contributed by atoms with Gasteiger partial charge < -0.3 is 8.92 Å². The van der Waals surface area contributed by atoms with Crippen LogP contribution in [0.25, 0.3) is 0 Å². The lowest BCUT2D eigenvalue weighted by Crippen LogP contribution is -2.04. The number of carbonyl (C=O) groups excluding carboxylic acids is 1. The van der Waals surface area contributed by atoms with Crippen molar-refractivity contribution in [1.82, 2.24) is 4.98 Å². The minimum atomic E-state index is -0.676. The van der Waals surface area contributed by atoms with Gasteiger partial charge in [0, 0.05) is 12.3 Å². The van der Waals surface area contributed by atoms with Crippen molar-refractivity contribution in [2.75, 3.05) is 14.2 Å². The van der Waals surface area contributed by atoms with Crippen molar-refractivity contribution >= 4 is 23.7 Å². The molecule has 0 unspecified atom stereocenters. The number of aromatic nitrogens is 1. The Morgan fingerprint density at radius 2 is 2.25 bits per heavy atom. The van der Waals surface area contributed by atoms with E-state index in [0.29, 0.717) is 0 Å². The second-order valence-corrected chi connectivity index (χ2v) is 3.43. The number of hydrogen-bond acceptors (Lipinski definition) is 7. The zero-order valence-corrected chi connectivity index (χ0v) is 9.32. The second-order valence-electron chi connectivity index (χ2n) is 2.55. The minimum Gasteiger partial charge on any atom is -0.465 e. The quantitative estimate of drug-likeness (QED) is 0.342. The number of methoxy groups -OCH3 is 1. The van der Waals surface area contributed by atoms with E-state index in [9.17, 15) is 14.9 Å². The third kappa shape index (κ3) is 2.67. The van der Waals surface area contributed by atoms with Crippen LogP contribution in [0.4, 0.5) is 5.69 Å². The lowest BCUT2D eigenvalue weighted by atomic mass is 10.3. The number of esters is 1. The Balaban J connectivity index is 3.17. The maximum absolute atomic E-state index is 11.1. The summed E-state index contributed by atoms with van der Waals surface area (Å²) in [6.45, 7) is 0. The monoisotopic (exact) mass is 244 g/mol. The minimum absolute atomic E-state index is 0.0228. The molecule has 0 spiro atoms. The molecule has 0 fully saturated rings. The molecule has 1 heterocycles. The molecule has 1 rings (SSSR count). The average Bonchev–Trinajstić information content (AvgIpc) is 2.28. The lowest BCUT2D eigenvalue weighted by Gasteiger charge is -2.02. The van der Waals surface area contributed by atoms with E-state index < -0.39 is 10.9 Å². The molecule has 0 amide bonds. The van der Waals surface area contributed by atoms with Gasteiger partial charge in [0.15, 0.2) is 0 Å². The van der Waals surface area contributed by atoms with Crippen LogP contribution in [0.2, 0.25) is 0 Å². The van der Waals surface area contributed by atoms with Crippen molar-refractivity contribution in [1.29, 1.82) is 0 Å². The van der Waals surface area contributed by atoms with Gasteiger partial charge in [-0.2, -0.15) is 0 Å². The standard InChI is InChI=1S/C8H8N2O5S/c1-14-8(11)5-3-6(10(12)13)7(9-4-5)16-15-2/h3-4H,1-2H3. The zero-order chi connectivity index (χ0) is 12.1. The van der Waals surface area contributed by atoms with Crippen molar-refractivity contribution in [3.05, 3.63) is 27.9 Å². The van der Waals surface area contributed by atoms with E-state index in [1.54, 1.807) is 0 Å². The highest BCUT2D eigenvalue weighted by Gasteiger charge is 2.20. The number of nitro groups is 1. The summed E-state index contributed by atoms with van der Waals surface area (Å²) < 4.78 is 9.11. The van der Waals surface area contributed by atoms with Gasteiger partial charge in [-0.05, 0) is 0 Å². The fourth-order valence-corrected chi connectivity index (χ4v) is 1.42. The largest absolute Gasteiger partial charge is 0.465 e. The van der Waals surface area contributed by atoms with Gasteiger partial charge in [-0.1, -0.05) is 0 Å². The molecule has 0 bridgehead atoms. The Kier molecular flexibility index (Phi) is 4.20. The molecule has 0 aliphatic carbocycles. The molecule has 86 valence electrons. The highest BCUT2D eigenvalue weighted by atomic mass is 32.2. The maximum Gasteiger partial charge on any atom is 0.339 e. The molecule has 16 heavy (non-hydrogen) atoms. The normalized spacial score (nSPS) is 9.88. The predicted molar refractivity (Wildman–Crippen MR) is 55.1 cm³/mol. The molecule has 0 aliphatic heterocycles. The number of carbonyl (C=O) groups is 1. The molecule has 1 aromatic rings. The molecule has 8 heteroatoms. The Hall–Kier alpha value is -1.67. The summed E-state index contributed by atoms with van der Waals surface area (Å²) in [6.07, 6.45) is 1.19. The van der Waals surface area contributed by atoms with Gasteiger partial charge in [0.1, 0.15) is 0 Å². The van der Waals surface area contributed by atoms with E-state index in [2.05, 4.69) is 13.9 Å². The first-order valence-electron chi connectivity index (χ1n) is 4.03. The summed E-state index contributed by atoms with van der Waals surface area (Å²) in [7, 11) is 2.55. The maximum atomic E-state index is 11.1. The third-order valence-corrected chi connectivity index (χ3v) is 2.25. The summed E-state index contributed by atoms with van der Waals surface area (Å²) in [6, 6.07) is 1.10. The van der Waals surface area contributed by atoms with Gasteiger partial charge in [-0.25, -0.2) is 9.78 Å². The smallest absolute Gasteiger partial charge is 0.339 e. The summed E-state index contributed by atoms with van der Waals surface area (Å²) in [5.41, 5.74) is -0.274. The Morgan fingerprint density at radius 1 is 1.56 bits per heavy atom. The molecule has 1 aromatic heterocycles. The zero-order valence-electron chi connectivity index (χ0n) is 8.50. The first-order valence-corrected chi connectivity index (χ1v) is 4.77. The number of nitrogens with zero attached hydrogens (tertiary/aromatic N) is 2. The van der Waals surface area contributed by atoms with Gasteiger partial charge in [0.2, 0.25) is 5.03 Å². The first-order chi connectivity index (χ1) is 7.60. The molecule has 0 aromatic carbocycles. The van der Waals surface area contributed by atoms with E-state index in [1.807, 2.05) is 0 Å². The van der Waals surface area contributed by atoms with Gasteiger partial charge in [0.25, 0.3) is 0 Å². The van der Waals surface area contributed by atoms with E-state index >= 15 is 0 Å². The topological polar surface area (TPSA) is 91.6 Å². The van der Waals surface area contributed by atoms with Crippen molar-refractivity contribution in [3.8, 4) is 0 Å². The fraction of sp³-hybridized carbons (Fsp3) is 0.250. The van der Waals surface area contributed by atoms with E-state index in [-0.39, 0.29) is 16.3 Å². The summed E-state index contributed by atoms with van der Waals surface area (Å²) in [5.74, 6) is -0.676. The van der Waals surface area contributed by atoms with Crippen molar-refractivity contribution in [2.45, 2.75) is 5.03 Å². The third-order valence-electron chi connectivity index (χ3n) is 1.61. The van der Waals surface area contributed by atoms with Crippen molar-refractivity contribution in [3.63, 3.8) is 0 Å². The van der Waals surface area contributed by atoms with Gasteiger partial charge in [-0.15, -0.1) is 0 Å². The number of rotatable bonds is 4. The number of pyridine rings is 1. The van der Waals surface area contributed by atoms with Crippen LogP contribution in [0.15, 0.2) is 17.3 Å². The number of ether oxygens (including phenoxy) is 1. The molecule has 0 N–H and O–H groups in total. The molecule has 0 saturated carbocycles. The SMILES string of the molecule is COSc1ncc(C(=O)OC)cc1[N+](=O)[O-]. The number of hydrogen-bond donors (Lipinski definition) is 0. The Bertz CT molecular complexity index is 423. The molecular weight excluding hydrogens is 236 g/mol.